The van der Waals surface area contributed by atoms with Crippen molar-refractivity contribution >= 4 is 17.3 Å². The van der Waals surface area contributed by atoms with Gasteiger partial charge in [0.2, 0.25) is 5.91 Å². The molecule has 1 amide bonds. The highest BCUT2D eigenvalue weighted by molar-refractivity contribution is 5.93. The van der Waals surface area contributed by atoms with E-state index in [1.807, 2.05) is 25.1 Å². The number of hydrogen-bond acceptors (Lipinski definition) is 3. The zero-order valence-electron chi connectivity index (χ0n) is 13.4. The molecule has 0 saturated carbocycles. The van der Waals surface area contributed by atoms with Gasteiger partial charge in [-0.2, -0.15) is 0 Å². The molecule has 0 bridgehead atoms. The van der Waals surface area contributed by atoms with E-state index < -0.39 is 0 Å². The predicted molar refractivity (Wildman–Crippen MR) is 88.2 cm³/mol. The van der Waals surface area contributed by atoms with Crippen molar-refractivity contribution in [3.8, 4) is 0 Å². The van der Waals surface area contributed by atoms with Gasteiger partial charge in [0.25, 0.3) is 0 Å². The van der Waals surface area contributed by atoms with Crippen LogP contribution in [0.25, 0.3) is 0 Å². The third-order valence-corrected chi connectivity index (χ3v) is 4.47. The number of anilines is 2. The molecule has 1 aliphatic rings. The van der Waals surface area contributed by atoms with E-state index in [0.717, 1.165) is 41.9 Å². The van der Waals surface area contributed by atoms with Crippen LogP contribution in [0.1, 0.15) is 32.3 Å². The lowest BCUT2D eigenvalue weighted by Crippen LogP contribution is -2.40. The molecule has 21 heavy (non-hydrogen) atoms. The van der Waals surface area contributed by atoms with E-state index in [1.165, 1.54) is 12.8 Å². The summed E-state index contributed by atoms with van der Waals surface area (Å²) >= 11 is 0. The van der Waals surface area contributed by atoms with Gasteiger partial charge in [-0.05, 0) is 68.5 Å². The van der Waals surface area contributed by atoms with Crippen LogP contribution in [0.4, 0.5) is 11.4 Å². The Labute approximate surface area is 127 Å². The van der Waals surface area contributed by atoms with Crippen LogP contribution in [0.5, 0.6) is 0 Å². The average molecular weight is 289 g/mol. The lowest BCUT2D eigenvalue weighted by atomic mass is 9.87. The number of rotatable bonds is 4. The number of nitrogen functional groups attached to an aromatic ring is 1. The largest absolute Gasteiger partial charge is 0.399 e. The fraction of sp³-hybridized carbons (Fsp3) is 0.588. The first-order valence-electron chi connectivity index (χ1n) is 7.84. The molecule has 0 spiro atoms. The van der Waals surface area contributed by atoms with Crippen molar-refractivity contribution in [2.75, 3.05) is 30.7 Å². The van der Waals surface area contributed by atoms with Crippen LogP contribution in [0.2, 0.25) is 0 Å². The molecule has 1 aliphatic heterocycles. The average Bonchev–Trinajstić information content (AvgIpc) is 2.42. The number of hydrogen-bond donors (Lipinski definition) is 2. The van der Waals surface area contributed by atoms with Crippen molar-refractivity contribution in [3.05, 3.63) is 23.8 Å². The van der Waals surface area contributed by atoms with Gasteiger partial charge < -0.3 is 11.1 Å². The van der Waals surface area contributed by atoms with Gasteiger partial charge in [0.05, 0.1) is 6.54 Å². The van der Waals surface area contributed by atoms with E-state index in [9.17, 15) is 4.79 Å². The van der Waals surface area contributed by atoms with E-state index in [2.05, 4.69) is 24.1 Å². The number of piperidine rings is 1. The molecule has 1 aromatic carbocycles. The first-order valence-corrected chi connectivity index (χ1v) is 7.84. The summed E-state index contributed by atoms with van der Waals surface area (Å²) in [6.07, 6.45) is 2.40. The third-order valence-electron chi connectivity index (χ3n) is 4.47. The fourth-order valence-electron chi connectivity index (χ4n) is 3.00. The maximum absolute atomic E-state index is 12.1. The van der Waals surface area contributed by atoms with E-state index in [-0.39, 0.29) is 5.91 Å². The Bertz CT molecular complexity index is 491. The van der Waals surface area contributed by atoms with Gasteiger partial charge in [-0.25, -0.2) is 0 Å². The number of benzene rings is 1. The molecule has 2 rings (SSSR count). The number of nitrogens with one attached hydrogen (secondary N) is 1. The van der Waals surface area contributed by atoms with Crippen LogP contribution in [-0.4, -0.2) is 30.4 Å². The summed E-state index contributed by atoms with van der Waals surface area (Å²) < 4.78 is 0. The topological polar surface area (TPSA) is 58.4 Å². The first kappa shape index (κ1) is 15.8. The minimum Gasteiger partial charge on any atom is -0.399 e. The van der Waals surface area contributed by atoms with Crippen molar-refractivity contribution in [2.24, 2.45) is 11.8 Å². The second-order valence-corrected chi connectivity index (χ2v) is 6.48. The van der Waals surface area contributed by atoms with Gasteiger partial charge in [-0.1, -0.05) is 13.8 Å². The molecule has 0 radical (unpaired) electrons. The zero-order valence-corrected chi connectivity index (χ0v) is 13.4. The summed E-state index contributed by atoms with van der Waals surface area (Å²) in [4.78, 5) is 14.4. The summed E-state index contributed by atoms with van der Waals surface area (Å²) in [5.74, 6) is 1.62. The van der Waals surface area contributed by atoms with Gasteiger partial charge in [0.1, 0.15) is 0 Å². The van der Waals surface area contributed by atoms with Crippen molar-refractivity contribution in [1.82, 2.24) is 4.90 Å². The summed E-state index contributed by atoms with van der Waals surface area (Å²) in [5.41, 5.74) is 8.30. The Kier molecular flexibility index (Phi) is 5.23. The van der Waals surface area contributed by atoms with Crippen molar-refractivity contribution in [2.45, 2.75) is 33.6 Å². The van der Waals surface area contributed by atoms with Crippen molar-refractivity contribution in [1.29, 1.82) is 0 Å². The summed E-state index contributed by atoms with van der Waals surface area (Å²) in [6.45, 7) is 9.07. The third kappa shape index (κ3) is 4.46. The molecular formula is C17H27N3O. The van der Waals surface area contributed by atoms with E-state index in [1.54, 1.807) is 0 Å². The van der Waals surface area contributed by atoms with Crippen LogP contribution in [0.3, 0.4) is 0 Å². The summed E-state index contributed by atoms with van der Waals surface area (Å²) in [6, 6.07) is 5.56. The molecule has 0 aliphatic carbocycles. The minimum atomic E-state index is 0.0610. The van der Waals surface area contributed by atoms with Gasteiger partial charge in [-0.3, -0.25) is 9.69 Å². The highest BCUT2D eigenvalue weighted by Crippen LogP contribution is 2.24. The molecule has 1 saturated heterocycles. The molecule has 116 valence electrons. The van der Waals surface area contributed by atoms with Crippen LogP contribution >= 0.6 is 0 Å². The predicted octanol–water partition coefficient (Wildman–Crippen LogP) is 2.88. The molecule has 1 heterocycles. The number of aryl methyl sites for hydroxylation is 1. The number of likely N-dealkylation sites (tertiary alicyclic amines) is 1. The van der Waals surface area contributed by atoms with E-state index in [0.29, 0.717) is 6.54 Å². The highest BCUT2D eigenvalue weighted by atomic mass is 16.2. The number of amides is 1. The Hall–Kier alpha value is -1.55. The SMILES string of the molecule is Cc1cc(N)ccc1NC(=O)CN1CCC(C(C)C)CC1. The maximum Gasteiger partial charge on any atom is 0.238 e. The molecule has 4 heteroatoms. The maximum atomic E-state index is 12.1. The Morgan fingerprint density at radius 2 is 2.05 bits per heavy atom. The molecule has 1 aromatic rings. The monoisotopic (exact) mass is 289 g/mol. The Balaban J connectivity index is 1.83. The highest BCUT2D eigenvalue weighted by Gasteiger charge is 2.22. The lowest BCUT2D eigenvalue weighted by Gasteiger charge is -2.33. The zero-order chi connectivity index (χ0) is 15.4. The summed E-state index contributed by atoms with van der Waals surface area (Å²) in [5, 5.41) is 2.98. The standard InChI is InChI=1S/C17H27N3O/c1-12(2)14-6-8-20(9-7-14)11-17(21)19-16-5-4-15(18)10-13(16)3/h4-5,10,12,14H,6-9,11,18H2,1-3H3,(H,19,21). The number of nitrogens with zero attached hydrogens (tertiary/aromatic N) is 1. The van der Waals surface area contributed by atoms with Crippen LogP contribution < -0.4 is 11.1 Å². The van der Waals surface area contributed by atoms with Gasteiger partial charge in [-0.15, -0.1) is 0 Å². The van der Waals surface area contributed by atoms with Crippen molar-refractivity contribution < 1.29 is 4.79 Å². The molecule has 1 fully saturated rings. The smallest absolute Gasteiger partial charge is 0.238 e. The Morgan fingerprint density at radius 3 is 2.62 bits per heavy atom. The molecule has 0 aromatic heterocycles. The second kappa shape index (κ2) is 6.94. The fourth-order valence-corrected chi connectivity index (χ4v) is 3.00. The number of carbonyl (C=O) groups excluding carboxylic acids is 1. The summed E-state index contributed by atoms with van der Waals surface area (Å²) in [7, 11) is 0. The van der Waals surface area contributed by atoms with Gasteiger partial charge >= 0.3 is 0 Å². The van der Waals surface area contributed by atoms with Crippen LogP contribution in [-0.2, 0) is 4.79 Å². The molecule has 4 nitrogen and oxygen atoms in total. The first-order chi connectivity index (χ1) is 9.95. The molecular weight excluding hydrogens is 262 g/mol. The van der Waals surface area contributed by atoms with Crippen LogP contribution in [0.15, 0.2) is 18.2 Å². The van der Waals surface area contributed by atoms with E-state index >= 15 is 0 Å². The molecule has 0 atom stereocenters. The quantitative estimate of drug-likeness (QED) is 0.838. The second-order valence-electron chi connectivity index (χ2n) is 6.48. The number of carbonyl (C=O) groups is 1. The molecule has 3 N–H and O–H groups in total. The Morgan fingerprint density at radius 1 is 1.38 bits per heavy atom. The van der Waals surface area contributed by atoms with E-state index in [4.69, 9.17) is 5.73 Å². The number of nitrogens with two attached hydrogens (primary N) is 1. The minimum absolute atomic E-state index is 0.0610. The van der Waals surface area contributed by atoms with Gasteiger partial charge in [0.15, 0.2) is 0 Å². The van der Waals surface area contributed by atoms with Crippen LogP contribution in [0, 0.1) is 18.8 Å². The molecule has 0 unspecified atom stereocenters. The van der Waals surface area contributed by atoms with Gasteiger partial charge in [0, 0.05) is 11.4 Å². The van der Waals surface area contributed by atoms with Crippen molar-refractivity contribution in [3.63, 3.8) is 0 Å². The lowest BCUT2D eigenvalue weighted by molar-refractivity contribution is -0.117. The normalized spacial score (nSPS) is 17.1.